The van der Waals surface area contributed by atoms with E-state index < -0.39 is 32.2 Å². The van der Waals surface area contributed by atoms with E-state index in [1.807, 2.05) is 44.2 Å². The predicted octanol–water partition coefficient (Wildman–Crippen LogP) is 14.2. The van der Waals surface area contributed by atoms with E-state index >= 15 is 0 Å². The first kappa shape index (κ1) is 51.6. The molecule has 0 spiro atoms. The molecule has 0 radical (unpaired) electrons. The second-order valence-electron chi connectivity index (χ2n) is 18.7. The fraction of sp³-hybridized carbons (Fsp3) is 0.491. The fourth-order valence-corrected chi connectivity index (χ4v) is 10.6. The molecule has 0 unspecified atom stereocenters. The van der Waals surface area contributed by atoms with Gasteiger partial charge >= 0.3 is 15.6 Å². The van der Waals surface area contributed by atoms with Crippen LogP contribution in [0.2, 0.25) is 0 Å². The first-order chi connectivity index (χ1) is 30.6. The molecule has 2 aliphatic carbocycles. The highest BCUT2D eigenvalue weighted by molar-refractivity contribution is 7.88. The van der Waals surface area contributed by atoms with Crippen molar-refractivity contribution in [3.8, 4) is 11.5 Å². The maximum atomic E-state index is 12.8. The third kappa shape index (κ3) is 11.8. The van der Waals surface area contributed by atoms with Gasteiger partial charge in [0.1, 0.15) is 11.5 Å². The summed E-state index contributed by atoms with van der Waals surface area (Å²) in [6, 6.07) is 23.6. The quantitative estimate of drug-likeness (QED) is 0.0860. The summed E-state index contributed by atoms with van der Waals surface area (Å²) in [4.78, 5) is 0. The number of aliphatic hydroxyl groups is 2. The standard InChI is InChI=1S/C28H35F3O4S.C27H36O2/c1-5-27(6-2,24-12-13-25(21(4)19-24)35-36(33,34)28(29,30)31)23-11-10-22(20(3)18-23)14-17-26(32)15-8-7-9-16-26;1-5-27(6-2,24-12-13-25(28)21(4)19-24)23-11-10-22(20(3)18-23)14-17-26(29)15-8-7-9-16-26/h10-14,17-19,32H,5-9,15-16H2,1-4H3;10-14,17-19,28-29H,5-9,15-16H2,1-4H3/b2*17-14+. The molecule has 0 aliphatic heterocycles. The smallest absolute Gasteiger partial charge is 0.508 e. The molecule has 65 heavy (non-hydrogen) atoms. The van der Waals surface area contributed by atoms with Gasteiger partial charge in [-0.05, 0) is 147 Å². The lowest BCUT2D eigenvalue weighted by atomic mass is 9.70. The molecular weight excluding hydrogens is 846 g/mol. The fourth-order valence-electron chi connectivity index (χ4n) is 10.1. The van der Waals surface area contributed by atoms with E-state index in [4.69, 9.17) is 0 Å². The summed E-state index contributed by atoms with van der Waals surface area (Å²) in [6.07, 6.45) is 21.5. The maximum absolute atomic E-state index is 12.8. The zero-order valence-corrected chi connectivity index (χ0v) is 40.6. The first-order valence-corrected chi connectivity index (χ1v) is 25.0. The van der Waals surface area contributed by atoms with Gasteiger partial charge in [0.05, 0.1) is 11.2 Å². The molecule has 2 fully saturated rings. The van der Waals surface area contributed by atoms with Crippen LogP contribution in [0.4, 0.5) is 13.2 Å². The number of phenolic OH excluding ortho intramolecular Hbond substituents is 1. The van der Waals surface area contributed by atoms with E-state index in [9.17, 15) is 36.9 Å². The van der Waals surface area contributed by atoms with Gasteiger partial charge in [-0.25, -0.2) is 0 Å². The van der Waals surface area contributed by atoms with Crippen LogP contribution >= 0.6 is 0 Å². The van der Waals surface area contributed by atoms with E-state index in [1.165, 1.54) is 41.7 Å². The van der Waals surface area contributed by atoms with Crippen molar-refractivity contribution in [3.05, 3.63) is 141 Å². The van der Waals surface area contributed by atoms with Crippen LogP contribution in [0.1, 0.15) is 173 Å². The Kier molecular flexibility index (Phi) is 16.7. The summed E-state index contributed by atoms with van der Waals surface area (Å²) in [6.45, 7) is 16.3. The van der Waals surface area contributed by atoms with Crippen LogP contribution in [-0.2, 0) is 20.9 Å². The number of hydrogen-bond donors (Lipinski definition) is 3. The molecule has 2 aliphatic rings. The lowest BCUT2D eigenvalue weighted by Gasteiger charge is -2.34. The molecule has 4 aromatic rings. The van der Waals surface area contributed by atoms with Gasteiger partial charge in [-0.15, -0.1) is 0 Å². The van der Waals surface area contributed by atoms with Crippen molar-refractivity contribution < 1.29 is 41.1 Å². The molecule has 0 heterocycles. The van der Waals surface area contributed by atoms with Crippen molar-refractivity contribution in [3.63, 3.8) is 0 Å². The molecule has 4 aromatic carbocycles. The van der Waals surface area contributed by atoms with Gasteiger partial charge in [-0.3, -0.25) is 0 Å². The van der Waals surface area contributed by atoms with Crippen LogP contribution in [0, 0.1) is 27.7 Å². The van der Waals surface area contributed by atoms with E-state index in [-0.39, 0.29) is 11.2 Å². The molecule has 0 bridgehead atoms. The van der Waals surface area contributed by atoms with Crippen molar-refractivity contribution in [2.75, 3.05) is 0 Å². The van der Waals surface area contributed by atoms with Crippen LogP contribution in [0.3, 0.4) is 0 Å². The lowest BCUT2D eigenvalue weighted by molar-refractivity contribution is -0.0500. The SMILES string of the molecule is CCC(CC)(c1ccc(/C=C/C2(O)CCCCC2)c(C)c1)c1ccc(OS(=O)(=O)C(F)(F)F)c(C)c1.CCC(CC)(c1ccc(O)c(C)c1)c1ccc(/C=C/C2(O)CCCCC2)c(C)c1. The number of phenols is 1. The minimum atomic E-state index is -5.74. The van der Waals surface area contributed by atoms with Crippen LogP contribution in [0.15, 0.2) is 84.9 Å². The zero-order valence-electron chi connectivity index (χ0n) is 39.7. The molecular formula is C55H71F3O6S. The second-order valence-corrected chi connectivity index (χ2v) is 20.2. The highest BCUT2D eigenvalue weighted by Gasteiger charge is 2.49. The zero-order chi connectivity index (χ0) is 47.8. The molecule has 6 nitrogen and oxygen atoms in total. The number of benzene rings is 4. The Morgan fingerprint density at radius 2 is 0.908 bits per heavy atom. The Bertz CT molecular complexity index is 2410. The third-order valence-corrected chi connectivity index (χ3v) is 15.6. The number of aryl methyl sites for hydroxylation is 4. The van der Waals surface area contributed by atoms with Gasteiger partial charge in [0.15, 0.2) is 0 Å². The molecule has 0 aromatic heterocycles. The lowest BCUT2D eigenvalue weighted by Crippen LogP contribution is -2.29. The van der Waals surface area contributed by atoms with Crippen LogP contribution in [-0.4, -0.2) is 40.4 Å². The number of rotatable bonds is 14. The minimum absolute atomic E-state index is 0.0625. The van der Waals surface area contributed by atoms with Crippen molar-refractivity contribution in [2.45, 2.75) is 173 Å². The Labute approximate surface area is 386 Å². The Balaban J connectivity index is 0.000000250. The van der Waals surface area contributed by atoms with Gasteiger partial charge in [0.2, 0.25) is 0 Å². The van der Waals surface area contributed by atoms with Crippen LogP contribution in [0.5, 0.6) is 11.5 Å². The second kappa shape index (κ2) is 21.1. The largest absolute Gasteiger partial charge is 0.534 e. The van der Waals surface area contributed by atoms with E-state index in [0.717, 1.165) is 111 Å². The van der Waals surface area contributed by atoms with Crippen LogP contribution < -0.4 is 4.18 Å². The molecule has 0 saturated heterocycles. The highest BCUT2D eigenvalue weighted by Crippen LogP contribution is 2.43. The summed E-state index contributed by atoms with van der Waals surface area (Å²) in [5, 5.41) is 31.5. The number of aromatic hydroxyl groups is 1. The summed E-state index contributed by atoms with van der Waals surface area (Å²) in [5.41, 5.74) is 2.89. The maximum Gasteiger partial charge on any atom is 0.534 e. The molecule has 10 heteroatoms. The van der Waals surface area contributed by atoms with Gasteiger partial charge in [-0.2, -0.15) is 21.6 Å². The van der Waals surface area contributed by atoms with Gasteiger partial charge in [-0.1, -0.05) is 151 Å². The third-order valence-electron chi connectivity index (χ3n) is 14.6. The van der Waals surface area contributed by atoms with Gasteiger partial charge in [0.25, 0.3) is 0 Å². The number of halogens is 3. The molecule has 0 atom stereocenters. The Morgan fingerprint density at radius 3 is 1.25 bits per heavy atom. The monoisotopic (exact) mass is 916 g/mol. The van der Waals surface area contributed by atoms with E-state index in [0.29, 0.717) is 11.3 Å². The first-order valence-electron chi connectivity index (χ1n) is 23.6. The predicted molar refractivity (Wildman–Crippen MR) is 259 cm³/mol. The topological polar surface area (TPSA) is 104 Å². The highest BCUT2D eigenvalue weighted by atomic mass is 32.2. The van der Waals surface area contributed by atoms with Crippen LogP contribution in [0.25, 0.3) is 12.2 Å². The average molecular weight is 917 g/mol. The molecule has 354 valence electrons. The van der Waals surface area contributed by atoms with E-state index in [2.05, 4.69) is 87.3 Å². The van der Waals surface area contributed by atoms with Gasteiger partial charge < -0.3 is 19.5 Å². The molecule has 0 amide bonds. The normalized spacial score (nSPS) is 16.9. The summed E-state index contributed by atoms with van der Waals surface area (Å²) >= 11 is 0. The number of alkyl halides is 3. The van der Waals surface area contributed by atoms with Gasteiger partial charge in [0, 0.05) is 10.8 Å². The molecule has 3 N–H and O–H groups in total. The molecule has 2 saturated carbocycles. The van der Waals surface area contributed by atoms with Crippen molar-refractivity contribution in [1.29, 1.82) is 0 Å². The minimum Gasteiger partial charge on any atom is -0.508 e. The Hall–Kier alpha value is -4.38. The van der Waals surface area contributed by atoms with E-state index in [1.54, 1.807) is 12.1 Å². The summed E-state index contributed by atoms with van der Waals surface area (Å²) in [5.74, 6) is 0.0154. The summed E-state index contributed by atoms with van der Waals surface area (Å²) in [7, 11) is -5.74. The van der Waals surface area contributed by atoms with Crippen molar-refractivity contribution in [2.24, 2.45) is 0 Å². The average Bonchev–Trinajstić information content (AvgIpc) is 3.26. The number of hydrogen-bond acceptors (Lipinski definition) is 6. The Morgan fingerprint density at radius 1 is 0.554 bits per heavy atom. The van der Waals surface area contributed by atoms with Crippen molar-refractivity contribution in [1.82, 2.24) is 0 Å². The summed E-state index contributed by atoms with van der Waals surface area (Å²) < 4.78 is 65.6. The van der Waals surface area contributed by atoms with Crippen molar-refractivity contribution >= 4 is 22.3 Å². The molecule has 6 rings (SSSR count).